The first-order valence-electron chi connectivity index (χ1n) is 8.18. The molecule has 0 radical (unpaired) electrons. The SMILES string of the molecule is C=CC(c1ccccc1)N1CCN(c2ncc3[nH]cnc3n2)CC1.Cl.Cl. The van der Waals surface area contributed by atoms with Crippen LogP contribution in [-0.4, -0.2) is 51.0 Å². The van der Waals surface area contributed by atoms with Crippen molar-refractivity contribution >= 4 is 41.9 Å². The number of halogens is 2. The maximum absolute atomic E-state index is 4.54. The van der Waals surface area contributed by atoms with Gasteiger partial charge in [-0.05, 0) is 5.56 Å². The van der Waals surface area contributed by atoms with Gasteiger partial charge in [0.05, 0.1) is 18.6 Å². The summed E-state index contributed by atoms with van der Waals surface area (Å²) in [6, 6.07) is 10.8. The zero-order valence-corrected chi connectivity index (χ0v) is 15.9. The quantitative estimate of drug-likeness (QED) is 0.690. The molecule has 1 aliphatic rings. The highest BCUT2D eigenvalue weighted by molar-refractivity contribution is 5.85. The molecule has 138 valence electrons. The zero-order valence-electron chi connectivity index (χ0n) is 14.3. The predicted octanol–water partition coefficient (Wildman–Crippen LogP) is 3.25. The highest BCUT2D eigenvalue weighted by atomic mass is 35.5. The van der Waals surface area contributed by atoms with Crippen molar-refractivity contribution in [3.8, 4) is 0 Å². The van der Waals surface area contributed by atoms with Gasteiger partial charge in [-0.3, -0.25) is 4.90 Å². The van der Waals surface area contributed by atoms with Gasteiger partial charge >= 0.3 is 0 Å². The van der Waals surface area contributed by atoms with E-state index in [0.717, 1.165) is 43.3 Å². The van der Waals surface area contributed by atoms with Crippen molar-refractivity contribution in [2.24, 2.45) is 0 Å². The highest BCUT2D eigenvalue weighted by Crippen LogP contribution is 2.24. The molecule has 1 unspecified atom stereocenters. The van der Waals surface area contributed by atoms with Crippen LogP contribution < -0.4 is 4.90 Å². The van der Waals surface area contributed by atoms with Crippen LogP contribution in [0.4, 0.5) is 5.95 Å². The molecule has 1 aliphatic heterocycles. The number of fused-ring (bicyclic) bond motifs is 1. The number of hydrogen-bond donors (Lipinski definition) is 1. The van der Waals surface area contributed by atoms with Crippen molar-refractivity contribution in [2.75, 3.05) is 31.1 Å². The van der Waals surface area contributed by atoms with Crippen LogP contribution in [-0.2, 0) is 0 Å². The Bertz CT molecular complexity index is 830. The van der Waals surface area contributed by atoms with Gasteiger partial charge in [-0.2, -0.15) is 4.98 Å². The van der Waals surface area contributed by atoms with Gasteiger partial charge in [0.15, 0.2) is 5.65 Å². The summed E-state index contributed by atoms with van der Waals surface area (Å²) < 4.78 is 0. The molecule has 26 heavy (non-hydrogen) atoms. The number of imidazole rings is 1. The Labute approximate surface area is 165 Å². The van der Waals surface area contributed by atoms with Gasteiger partial charge in [0.2, 0.25) is 5.95 Å². The van der Waals surface area contributed by atoms with Gasteiger partial charge in [-0.25, -0.2) is 9.97 Å². The fourth-order valence-corrected chi connectivity index (χ4v) is 3.23. The number of nitrogens with zero attached hydrogens (tertiary/aromatic N) is 5. The lowest BCUT2D eigenvalue weighted by atomic mass is 10.0. The molecular weight excluding hydrogens is 371 g/mol. The first-order valence-corrected chi connectivity index (χ1v) is 8.18. The largest absolute Gasteiger partial charge is 0.342 e. The molecule has 1 saturated heterocycles. The molecule has 0 saturated carbocycles. The third-order valence-electron chi connectivity index (χ3n) is 4.52. The molecule has 2 aromatic heterocycles. The van der Waals surface area contributed by atoms with Crippen LogP contribution in [0.2, 0.25) is 0 Å². The third kappa shape index (κ3) is 3.98. The van der Waals surface area contributed by atoms with E-state index in [0.29, 0.717) is 0 Å². The Morgan fingerprint density at radius 3 is 2.46 bits per heavy atom. The Morgan fingerprint density at radius 2 is 1.77 bits per heavy atom. The number of piperazine rings is 1. The van der Waals surface area contributed by atoms with Crippen LogP contribution >= 0.6 is 24.8 Å². The Kier molecular flexibility index (Phi) is 6.97. The molecule has 4 rings (SSSR count). The fourth-order valence-electron chi connectivity index (χ4n) is 3.23. The van der Waals surface area contributed by atoms with Crippen molar-refractivity contribution in [1.82, 2.24) is 24.8 Å². The summed E-state index contributed by atoms with van der Waals surface area (Å²) in [4.78, 5) is 20.9. The van der Waals surface area contributed by atoms with Crippen LogP contribution in [0.3, 0.4) is 0 Å². The lowest BCUT2D eigenvalue weighted by molar-refractivity contribution is 0.217. The van der Waals surface area contributed by atoms with E-state index in [2.05, 4.69) is 60.6 Å². The Balaban J connectivity index is 0.00000121. The summed E-state index contributed by atoms with van der Waals surface area (Å²) in [5.74, 6) is 0.754. The van der Waals surface area contributed by atoms with Crippen molar-refractivity contribution in [1.29, 1.82) is 0 Å². The van der Waals surface area contributed by atoms with Crippen LogP contribution in [0.15, 0.2) is 55.5 Å². The second-order valence-electron chi connectivity index (χ2n) is 5.92. The van der Waals surface area contributed by atoms with Crippen molar-refractivity contribution in [3.63, 3.8) is 0 Å². The smallest absolute Gasteiger partial charge is 0.227 e. The Hall–Kier alpha value is -2.15. The topological polar surface area (TPSA) is 60.9 Å². The first kappa shape index (κ1) is 20.2. The average molecular weight is 393 g/mol. The molecule has 3 aromatic rings. The molecule has 8 heteroatoms. The van der Waals surface area contributed by atoms with E-state index in [1.807, 2.05) is 12.1 Å². The van der Waals surface area contributed by atoms with Crippen molar-refractivity contribution in [2.45, 2.75) is 6.04 Å². The summed E-state index contributed by atoms with van der Waals surface area (Å²) in [5.41, 5.74) is 2.87. The predicted molar refractivity (Wildman–Crippen MR) is 109 cm³/mol. The minimum atomic E-state index is 0. The van der Waals surface area contributed by atoms with Crippen LogP contribution in [0.5, 0.6) is 0 Å². The molecular formula is C18H22Cl2N6. The molecule has 1 fully saturated rings. The third-order valence-corrected chi connectivity index (χ3v) is 4.52. The van der Waals surface area contributed by atoms with Gasteiger partial charge in [-0.1, -0.05) is 36.4 Å². The molecule has 0 amide bonds. The maximum Gasteiger partial charge on any atom is 0.227 e. The number of H-pyrrole nitrogens is 1. The summed E-state index contributed by atoms with van der Waals surface area (Å²) in [5, 5.41) is 0. The van der Waals surface area contributed by atoms with Gasteiger partial charge < -0.3 is 9.88 Å². The van der Waals surface area contributed by atoms with Crippen LogP contribution in [0.25, 0.3) is 11.2 Å². The van der Waals surface area contributed by atoms with Gasteiger partial charge in [0, 0.05) is 26.2 Å². The summed E-state index contributed by atoms with van der Waals surface area (Å²) in [6.07, 6.45) is 5.47. The lowest BCUT2D eigenvalue weighted by Gasteiger charge is -2.38. The number of benzene rings is 1. The summed E-state index contributed by atoms with van der Waals surface area (Å²) >= 11 is 0. The standard InChI is InChI=1S/C18H20N6.2ClH/c1-2-16(14-6-4-3-5-7-14)23-8-10-24(11-9-23)18-19-12-15-17(22-18)21-13-20-15;;/h2-7,12-13,16H,1,8-11H2,(H,19,20,21,22);2*1H. The van der Waals surface area contributed by atoms with Gasteiger partial charge in [-0.15, -0.1) is 31.4 Å². The molecule has 1 N–H and O–H groups in total. The minimum absolute atomic E-state index is 0. The molecule has 0 spiro atoms. The number of nitrogens with one attached hydrogen (secondary N) is 1. The number of rotatable bonds is 4. The molecule has 1 atom stereocenters. The number of hydrogen-bond acceptors (Lipinski definition) is 5. The normalized spacial score (nSPS) is 15.8. The van der Waals surface area contributed by atoms with Gasteiger partial charge in [0.1, 0.15) is 5.52 Å². The second-order valence-corrected chi connectivity index (χ2v) is 5.92. The Morgan fingerprint density at radius 1 is 1.04 bits per heavy atom. The summed E-state index contributed by atoms with van der Waals surface area (Å²) in [6.45, 7) is 7.72. The molecule has 1 aromatic carbocycles. The van der Waals surface area contributed by atoms with E-state index in [1.54, 1.807) is 12.5 Å². The maximum atomic E-state index is 4.54. The molecule has 6 nitrogen and oxygen atoms in total. The van der Waals surface area contributed by atoms with Crippen LogP contribution in [0, 0.1) is 0 Å². The zero-order chi connectivity index (χ0) is 16.4. The second kappa shape index (κ2) is 8.98. The minimum Gasteiger partial charge on any atom is -0.342 e. The molecule has 0 bridgehead atoms. The monoisotopic (exact) mass is 392 g/mol. The average Bonchev–Trinajstić information content (AvgIpc) is 3.12. The van der Waals surface area contributed by atoms with E-state index >= 15 is 0 Å². The highest BCUT2D eigenvalue weighted by Gasteiger charge is 2.24. The van der Waals surface area contributed by atoms with Crippen molar-refractivity contribution < 1.29 is 0 Å². The van der Waals surface area contributed by atoms with Gasteiger partial charge in [0.25, 0.3) is 0 Å². The fraction of sp³-hybridized carbons (Fsp3) is 0.278. The number of aromatic nitrogens is 4. The van der Waals surface area contributed by atoms with Crippen molar-refractivity contribution in [3.05, 3.63) is 61.1 Å². The first-order chi connectivity index (χ1) is 11.8. The van der Waals surface area contributed by atoms with E-state index in [9.17, 15) is 0 Å². The van der Waals surface area contributed by atoms with E-state index < -0.39 is 0 Å². The number of aromatic amines is 1. The lowest BCUT2D eigenvalue weighted by Crippen LogP contribution is -2.47. The molecule has 3 heterocycles. The number of anilines is 1. The van der Waals surface area contributed by atoms with E-state index in [4.69, 9.17) is 0 Å². The molecule has 0 aliphatic carbocycles. The van der Waals surface area contributed by atoms with E-state index in [-0.39, 0.29) is 30.9 Å². The van der Waals surface area contributed by atoms with E-state index in [1.165, 1.54) is 5.56 Å². The summed E-state index contributed by atoms with van der Waals surface area (Å²) in [7, 11) is 0. The van der Waals surface area contributed by atoms with Crippen LogP contribution in [0.1, 0.15) is 11.6 Å².